The normalized spacial score (nSPS) is 29.7. The fourth-order valence-electron chi connectivity index (χ4n) is 5.17. The van der Waals surface area contributed by atoms with E-state index < -0.39 is 0 Å². The number of fused-ring (bicyclic) bond motifs is 3. The number of rotatable bonds is 2. The maximum Gasteiger partial charge on any atom is 0.163 e. The summed E-state index contributed by atoms with van der Waals surface area (Å²) >= 11 is 0. The number of Topliss-reactive ketones (excluding diaryl/α,β-unsaturated/α-hetero) is 1. The van der Waals surface area contributed by atoms with Crippen LogP contribution in [0, 0.1) is 11.3 Å². The Bertz CT molecular complexity index is 691. The second kappa shape index (κ2) is 5.48. The van der Waals surface area contributed by atoms with Crippen molar-refractivity contribution in [3.63, 3.8) is 0 Å². The van der Waals surface area contributed by atoms with Crippen LogP contribution >= 0.6 is 0 Å². The summed E-state index contributed by atoms with van der Waals surface area (Å²) in [7, 11) is 0. The van der Waals surface area contributed by atoms with Gasteiger partial charge in [-0.3, -0.25) is 4.79 Å². The fraction of sp³-hybridized carbons (Fsp3) is 0.650. The van der Waals surface area contributed by atoms with Crippen LogP contribution in [0.2, 0.25) is 0 Å². The first-order valence-electron chi connectivity index (χ1n) is 8.87. The van der Waals surface area contributed by atoms with Gasteiger partial charge in [0.1, 0.15) is 0 Å². The lowest BCUT2D eigenvalue weighted by Crippen LogP contribution is -2.49. The molecule has 4 heteroatoms. The summed E-state index contributed by atoms with van der Waals surface area (Å²) < 4.78 is 0. The number of carbonyl (C=O) groups excluding carboxylic acids is 1. The Balaban J connectivity index is 2.26. The summed E-state index contributed by atoms with van der Waals surface area (Å²) in [4.78, 5) is 12.8. The minimum absolute atomic E-state index is 0.0273. The molecule has 2 aliphatic rings. The van der Waals surface area contributed by atoms with Crippen LogP contribution in [0.15, 0.2) is 6.07 Å². The van der Waals surface area contributed by atoms with Crippen molar-refractivity contribution in [2.45, 2.75) is 64.7 Å². The van der Waals surface area contributed by atoms with Crippen molar-refractivity contribution in [3.8, 4) is 11.5 Å². The summed E-state index contributed by atoms with van der Waals surface area (Å²) in [6.45, 7) is 8.15. The zero-order valence-electron chi connectivity index (χ0n) is 15.0. The van der Waals surface area contributed by atoms with Crippen molar-refractivity contribution in [1.29, 1.82) is 0 Å². The molecule has 3 atom stereocenters. The maximum atomic E-state index is 12.8. The van der Waals surface area contributed by atoms with Crippen LogP contribution in [0.3, 0.4) is 0 Å². The third kappa shape index (κ3) is 2.26. The predicted molar refractivity (Wildman–Crippen MR) is 92.7 cm³/mol. The van der Waals surface area contributed by atoms with Gasteiger partial charge in [-0.1, -0.05) is 34.1 Å². The molecule has 0 saturated heterocycles. The molecule has 4 nitrogen and oxygen atoms in total. The molecule has 1 saturated carbocycles. The Morgan fingerprint density at radius 2 is 1.88 bits per heavy atom. The van der Waals surface area contributed by atoms with Crippen LogP contribution in [0.4, 0.5) is 0 Å². The first kappa shape index (κ1) is 17.3. The number of hydrogen-bond acceptors (Lipinski definition) is 4. The van der Waals surface area contributed by atoms with E-state index in [1.54, 1.807) is 13.0 Å². The van der Waals surface area contributed by atoms with E-state index in [-0.39, 0.29) is 46.6 Å². The first-order chi connectivity index (χ1) is 11.1. The van der Waals surface area contributed by atoms with Gasteiger partial charge in [0.25, 0.3) is 0 Å². The molecule has 1 fully saturated rings. The van der Waals surface area contributed by atoms with E-state index in [0.29, 0.717) is 23.1 Å². The summed E-state index contributed by atoms with van der Waals surface area (Å²) in [5.41, 5.74) is 1.30. The molecular weight excluding hydrogens is 304 g/mol. The van der Waals surface area contributed by atoms with Gasteiger partial charge in [-0.25, -0.2) is 0 Å². The Labute approximate surface area is 143 Å². The second-order valence-corrected chi connectivity index (χ2v) is 8.61. The van der Waals surface area contributed by atoms with Crippen LogP contribution in [0.5, 0.6) is 11.5 Å². The summed E-state index contributed by atoms with van der Waals surface area (Å²) in [5.74, 6) is -0.494. The van der Waals surface area contributed by atoms with Crippen LogP contribution in [-0.4, -0.2) is 27.7 Å². The topological polar surface area (TPSA) is 77.8 Å². The van der Waals surface area contributed by atoms with Crippen LogP contribution < -0.4 is 0 Å². The summed E-state index contributed by atoms with van der Waals surface area (Å²) in [6.07, 6.45) is 3.50. The molecule has 2 aliphatic carbocycles. The zero-order valence-corrected chi connectivity index (χ0v) is 15.0. The molecule has 0 amide bonds. The largest absolute Gasteiger partial charge is 0.504 e. The van der Waals surface area contributed by atoms with Gasteiger partial charge >= 0.3 is 0 Å². The third-order valence-electron chi connectivity index (χ3n) is 6.60. The molecule has 0 aliphatic heterocycles. The average Bonchev–Trinajstić information content (AvgIpc) is 2.51. The number of aliphatic hydroxyl groups is 1. The Kier molecular flexibility index (Phi) is 3.95. The fourth-order valence-corrected chi connectivity index (χ4v) is 5.17. The second-order valence-electron chi connectivity index (χ2n) is 8.61. The number of carbonyl (C=O) groups is 1. The highest BCUT2D eigenvalue weighted by Gasteiger charge is 2.53. The van der Waals surface area contributed by atoms with Crippen molar-refractivity contribution in [3.05, 3.63) is 22.8 Å². The van der Waals surface area contributed by atoms with Gasteiger partial charge in [-0.15, -0.1) is 0 Å². The molecular formula is C20H28O4. The van der Waals surface area contributed by atoms with Crippen LogP contribution in [-0.2, 0) is 5.41 Å². The molecule has 3 N–H and O–H groups in total. The minimum atomic E-state index is -0.331. The van der Waals surface area contributed by atoms with E-state index in [4.69, 9.17) is 0 Å². The quantitative estimate of drug-likeness (QED) is 0.719. The minimum Gasteiger partial charge on any atom is -0.504 e. The van der Waals surface area contributed by atoms with Crippen molar-refractivity contribution >= 4 is 5.78 Å². The van der Waals surface area contributed by atoms with E-state index in [2.05, 4.69) is 20.8 Å². The van der Waals surface area contributed by atoms with Gasteiger partial charge in [-0.05, 0) is 30.2 Å². The molecule has 0 bridgehead atoms. The molecule has 1 aromatic carbocycles. The van der Waals surface area contributed by atoms with Gasteiger partial charge < -0.3 is 15.3 Å². The van der Waals surface area contributed by atoms with E-state index in [0.717, 1.165) is 19.3 Å². The lowest BCUT2D eigenvalue weighted by molar-refractivity contribution is 0.0354. The molecule has 0 unspecified atom stereocenters. The molecule has 0 radical (unpaired) electrons. The highest BCUT2D eigenvalue weighted by atomic mass is 16.3. The smallest absolute Gasteiger partial charge is 0.163 e. The van der Waals surface area contributed by atoms with Crippen molar-refractivity contribution in [2.24, 2.45) is 11.3 Å². The van der Waals surface area contributed by atoms with E-state index in [9.17, 15) is 20.1 Å². The summed E-state index contributed by atoms with van der Waals surface area (Å²) in [5, 5.41) is 30.7. The predicted octanol–water partition coefficient (Wildman–Crippen LogP) is 3.86. The monoisotopic (exact) mass is 332 g/mol. The highest BCUT2D eigenvalue weighted by molar-refractivity contribution is 6.01. The number of hydrogen-bond donors (Lipinski definition) is 3. The van der Waals surface area contributed by atoms with E-state index in [1.165, 1.54) is 0 Å². The van der Waals surface area contributed by atoms with Gasteiger partial charge in [0.2, 0.25) is 0 Å². The van der Waals surface area contributed by atoms with E-state index >= 15 is 0 Å². The Hall–Kier alpha value is -1.55. The van der Waals surface area contributed by atoms with Crippen molar-refractivity contribution < 1.29 is 20.1 Å². The lowest BCUT2D eigenvalue weighted by atomic mass is 9.50. The van der Waals surface area contributed by atoms with Gasteiger partial charge in [0.15, 0.2) is 17.3 Å². The molecule has 24 heavy (non-hydrogen) atoms. The molecule has 1 aromatic rings. The standard InChI is InChI=1S/C20H28O4/c1-11(10-21)12-8-13-14(22)9-15-19(2,3)6-5-7-20(15,4)16(13)18(24)17(12)23/h8,11,15,21,23-24H,5-7,9-10H2,1-4H3/t11-,15-,20+/m1/s1. The highest BCUT2D eigenvalue weighted by Crippen LogP contribution is 2.60. The van der Waals surface area contributed by atoms with Crippen LogP contribution in [0.1, 0.15) is 80.8 Å². The zero-order chi connectivity index (χ0) is 17.9. The number of phenols is 2. The SMILES string of the molecule is C[C@H](CO)c1cc2c(c(O)c1O)[C@@]1(C)CCCC(C)(C)[C@H]1CC2=O. The molecule has 0 spiro atoms. The van der Waals surface area contributed by atoms with Gasteiger partial charge in [0.05, 0.1) is 0 Å². The van der Waals surface area contributed by atoms with Gasteiger partial charge in [-0.2, -0.15) is 0 Å². The lowest BCUT2D eigenvalue weighted by Gasteiger charge is -2.53. The van der Waals surface area contributed by atoms with Crippen molar-refractivity contribution in [1.82, 2.24) is 0 Å². The average molecular weight is 332 g/mol. The number of phenolic OH excluding ortho intramolecular Hbond substituents is 2. The third-order valence-corrected chi connectivity index (χ3v) is 6.60. The van der Waals surface area contributed by atoms with Crippen molar-refractivity contribution in [2.75, 3.05) is 6.61 Å². The molecule has 3 rings (SSSR count). The number of ketones is 1. The molecule has 0 aromatic heterocycles. The Morgan fingerprint density at radius 3 is 2.50 bits per heavy atom. The molecule has 0 heterocycles. The molecule has 132 valence electrons. The number of aromatic hydroxyl groups is 2. The van der Waals surface area contributed by atoms with E-state index in [1.807, 2.05) is 0 Å². The maximum absolute atomic E-state index is 12.8. The number of aliphatic hydroxyl groups excluding tert-OH is 1. The Morgan fingerprint density at radius 1 is 1.21 bits per heavy atom. The first-order valence-corrected chi connectivity index (χ1v) is 8.87. The van der Waals surface area contributed by atoms with Gasteiger partial charge in [0, 0.05) is 41.1 Å². The number of benzene rings is 1. The summed E-state index contributed by atoms with van der Waals surface area (Å²) in [6, 6.07) is 1.69. The van der Waals surface area contributed by atoms with Crippen LogP contribution in [0.25, 0.3) is 0 Å².